The van der Waals surface area contributed by atoms with Crippen LogP contribution >= 0.6 is 0 Å². The summed E-state index contributed by atoms with van der Waals surface area (Å²) in [5.41, 5.74) is 5.65. The van der Waals surface area contributed by atoms with Crippen molar-refractivity contribution >= 4 is 43.4 Å². The first-order valence-electron chi connectivity index (χ1n) is 13.5. The zero-order valence-corrected chi connectivity index (χ0v) is 21.7. The van der Waals surface area contributed by atoms with E-state index in [-0.39, 0.29) is 5.69 Å². The lowest BCUT2D eigenvalue weighted by Gasteiger charge is -2.12. The molecule has 0 radical (unpaired) electrons. The van der Waals surface area contributed by atoms with Crippen molar-refractivity contribution < 1.29 is 0 Å². The molecule has 0 N–H and O–H groups in total. The topological polar surface area (TPSA) is 26.9 Å². The van der Waals surface area contributed by atoms with Gasteiger partial charge in [0.2, 0.25) is 0 Å². The van der Waals surface area contributed by atoms with Gasteiger partial charge >= 0.3 is 5.69 Å². The minimum absolute atomic E-state index is 0.0794. The lowest BCUT2D eigenvalue weighted by atomic mass is 9.92. The molecule has 0 aliphatic carbocycles. The molecular formula is C37H24N2O. The van der Waals surface area contributed by atoms with E-state index < -0.39 is 0 Å². The van der Waals surface area contributed by atoms with Crippen LogP contribution in [0.5, 0.6) is 0 Å². The second-order valence-electron chi connectivity index (χ2n) is 10.2. The number of imidazole rings is 1. The number of para-hydroxylation sites is 3. The van der Waals surface area contributed by atoms with Crippen molar-refractivity contribution in [1.29, 1.82) is 0 Å². The fourth-order valence-corrected chi connectivity index (χ4v) is 6.11. The van der Waals surface area contributed by atoms with E-state index in [4.69, 9.17) is 0 Å². The molecule has 0 amide bonds. The van der Waals surface area contributed by atoms with Gasteiger partial charge in [0.1, 0.15) is 0 Å². The van der Waals surface area contributed by atoms with Crippen LogP contribution in [0.1, 0.15) is 0 Å². The van der Waals surface area contributed by atoms with Crippen LogP contribution in [0.4, 0.5) is 0 Å². The monoisotopic (exact) mass is 512 g/mol. The Morgan fingerprint density at radius 1 is 0.350 bits per heavy atom. The van der Waals surface area contributed by atoms with Gasteiger partial charge in [-0.2, -0.15) is 0 Å². The van der Waals surface area contributed by atoms with E-state index in [1.165, 1.54) is 32.3 Å². The summed E-state index contributed by atoms with van der Waals surface area (Å²) in [6.07, 6.45) is 0. The number of hydrogen-bond acceptors (Lipinski definition) is 1. The number of fused-ring (bicyclic) bond motifs is 7. The van der Waals surface area contributed by atoms with Gasteiger partial charge in [-0.1, -0.05) is 103 Å². The minimum atomic E-state index is -0.0794. The first-order valence-corrected chi connectivity index (χ1v) is 13.5. The van der Waals surface area contributed by atoms with Crippen molar-refractivity contribution in [3.8, 4) is 22.5 Å². The molecule has 8 rings (SSSR count). The summed E-state index contributed by atoms with van der Waals surface area (Å²) in [6.45, 7) is 0. The SMILES string of the molecule is O=c1n(-c2ccccc2)c2ccccc2n1-c1ccc(-c2ccc3c4ccccc4c4ccccc4c3c2)cc1. The number of rotatable bonds is 3. The van der Waals surface area contributed by atoms with Crippen LogP contribution in [0.15, 0.2) is 150 Å². The standard InChI is InChI=1S/C37H24N2O/c40-37-38(27-10-2-1-3-11-27)35-16-8-9-17-36(35)39(37)28-21-18-25(19-22-28)26-20-23-33-31-14-5-4-12-29(31)30-13-6-7-15-32(30)34(33)24-26/h1-24H. The molecule has 40 heavy (non-hydrogen) atoms. The van der Waals surface area contributed by atoms with Gasteiger partial charge in [-0.05, 0) is 85.9 Å². The zero-order chi connectivity index (χ0) is 26.6. The van der Waals surface area contributed by atoms with E-state index in [0.29, 0.717) is 0 Å². The van der Waals surface area contributed by atoms with Crippen LogP contribution in [0, 0.1) is 0 Å². The van der Waals surface area contributed by atoms with Crippen molar-refractivity contribution in [2.24, 2.45) is 0 Å². The molecule has 0 aliphatic rings. The highest BCUT2D eigenvalue weighted by Gasteiger charge is 2.16. The Morgan fingerprint density at radius 3 is 1.35 bits per heavy atom. The predicted molar refractivity (Wildman–Crippen MR) is 167 cm³/mol. The van der Waals surface area contributed by atoms with Crippen LogP contribution in [0.25, 0.3) is 65.9 Å². The Bertz CT molecular complexity index is 2240. The van der Waals surface area contributed by atoms with Gasteiger partial charge in [0, 0.05) is 0 Å². The molecule has 3 heteroatoms. The summed E-state index contributed by atoms with van der Waals surface area (Å²) in [6, 6.07) is 50.1. The van der Waals surface area contributed by atoms with Crippen LogP contribution in [0.3, 0.4) is 0 Å². The van der Waals surface area contributed by atoms with Crippen molar-refractivity contribution in [2.75, 3.05) is 0 Å². The molecule has 1 heterocycles. The normalized spacial score (nSPS) is 11.6. The lowest BCUT2D eigenvalue weighted by molar-refractivity contribution is 0.931. The lowest BCUT2D eigenvalue weighted by Crippen LogP contribution is -2.21. The Balaban J connectivity index is 1.28. The third-order valence-electron chi connectivity index (χ3n) is 7.96. The van der Waals surface area contributed by atoms with E-state index in [1.54, 1.807) is 9.13 Å². The van der Waals surface area contributed by atoms with Gasteiger partial charge in [0.05, 0.1) is 22.4 Å². The summed E-state index contributed by atoms with van der Waals surface area (Å²) in [5, 5.41) is 7.59. The second-order valence-corrected chi connectivity index (χ2v) is 10.2. The maximum absolute atomic E-state index is 13.7. The largest absolute Gasteiger partial charge is 0.338 e. The van der Waals surface area contributed by atoms with Crippen LogP contribution < -0.4 is 5.69 Å². The highest BCUT2D eigenvalue weighted by molar-refractivity contribution is 6.25. The molecule has 0 bridgehead atoms. The number of benzene rings is 7. The van der Waals surface area contributed by atoms with Gasteiger partial charge in [-0.3, -0.25) is 9.13 Å². The van der Waals surface area contributed by atoms with Crippen molar-refractivity contribution in [2.45, 2.75) is 0 Å². The molecule has 188 valence electrons. The predicted octanol–water partition coefficient (Wildman–Crippen LogP) is 8.91. The molecule has 0 saturated carbocycles. The van der Waals surface area contributed by atoms with Gasteiger partial charge in [-0.15, -0.1) is 0 Å². The molecule has 0 atom stereocenters. The van der Waals surface area contributed by atoms with Crippen LogP contribution in [-0.2, 0) is 0 Å². The van der Waals surface area contributed by atoms with Gasteiger partial charge in [0.25, 0.3) is 0 Å². The highest BCUT2D eigenvalue weighted by Crippen LogP contribution is 2.37. The van der Waals surface area contributed by atoms with Gasteiger partial charge in [-0.25, -0.2) is 4.79 Å². The molecule has 0 unspecified atom stereocenters. The zero-order valence-electron chi connectivity index (χ0n) is 21.7. The number of aromatic nitrogens is 2. The second kappa shape index (κ2) is 8.82. The number of hydrogen-bond donors (Lipinski definition) is 0. The maximum Gasteiger partial charge on any atom is 0.338 e. The van der Waals surface area contributed by atoms with E-state index in [0.717, 1.165) is 33.5 Å². The summed E-state index contributed by atoms with van der Waals surface area (Å²) in [5.74, 6) is 0. The van der Waals surface area contributed by atoms with Gasteiger partial charge < -0.3 is 0 Å². The molecule has 0 fully saturated rings. The molecule has 3 nitrogen and oxygen atoms in total. The molecule has 0 saturated heterocycles. The summed E-state index contributed by atoms with van der Waals surface area (Å²) in [4.78, 5) is 13.7. The van der Waals surface area contributed by atoms with E-state index in [2.05, 4.69) is 78.9 Å². The third kappa shape index (κ3) is 3.35. The Kier molecular flexibility index (Phi) is 4.98. The summed E-state index contributed by atoms with van der Waals surface area (Å²) in [7, 11) is 0. The average molecular weight is 513 g/mol. The van der Waals surface area contributed by atoms with Crippen molar-refractivity contribution in [3.63, 3.8) is 0 Å². The molecule has 0 aliphatic heterocycles. The third-order valence-corrected chi connectivity index (χ3v) is 7.96. The summed E-state index contributed by atoms with van der Waals surface area (Å²) < 4.78 is 3.58. The first-order chi connectivity index (χ1) is 19.8. The van der Waals surface area contributed by atoms with Crippen LogP contribution in [-0.4, -0.2) is 9.13 Å². The van der Waals surface area contributed by atoms with E-state index in [9.17, 15) is 4.79 Å². The molecular weight excluding hydrogens is 488 g/mol. The summed E-state index contributed by atoms with van der Waals surface area (Å²) >= 11 is 0. The van der Waals surface area contributed by atoms with E-state index >= 15 is 0 Å². The highest BCUT2D eigenvalue weighted by atomic mass is 16.1. The Labute approximate surface area is 230 Å². The molecule has 0 spiro atoms. The quantitative estimate of drug-likeness (QED) is 0.217. The molecule has 8 aromatic rings. The minimum Gasteiger partial charge on any atom is -0.260 e. The Morgan fingerprint density at radius 2 is 0.775 bits per heavy atom. The molecule has 7 aromatic carbocycles. The van der Waals surface area contributed by atoms with Crippen molar-refractivity contribution in [3.05, 3.63) is 156 Å². The van der Waals surface area contributed by atoms with Crippen LogP contribution in [0.2, 0.25) is 0 Å². The van der Waals surface area contributed by atoms with E-state index in [1.807, 2.05) is 66.7 Å². The molecule has 1 aromatic heterocycles. The smallest absolute Gasteiger partial charge is 0.260 e. The maximum atomic E-state index is 13.7. The fraction of sp³-hybridized carbons (Fsp3) is 0. The first kappa shape index (κ1) is 22.6. The fourth-order valence-electron chi connectivity index (χ4n) is 6.11. The van der Waals surface area contributed by atoms with Gasteiger partial charge in [0.15, 0.2) is 0 Å². The number of nitrogens with zero attached hydrogens (tertiary/aromatic N) is 2. The Hall–Kier alpha value is -5.41. The van der Waals surface area contributed by atoms with Crippen molar-refractivity contribution in [1.82, 2.24) is 9.13 Å². The average Bonchev–Trinajstić information content (AvgIpc) is 3.33.